The molecule has 0 amide bonds. The zero-order valence-corrected chi connectivity index (χ0v) is 11.5. The largest absolute Gasteiger partial charge is 0.388 e. The molecule has 1 N–H and O–H groups in total. The van der Waals surface area contributed by atoms with Gasteiger partial charge in [0.15, 0.2) is 0 Å². The van der Waals surface area contributed by atoms with E-state index in [0.29, 0.717) is 22.0 Å². The zero-order chi connectivity index (χ0) is 13.1. The summed E-state index contributed by atoms with van der Waals surface area (Å²) in [6.07, 6.45) is 3.38. The molecule has 0 fully saturated rings. The number of hydrogen-bond acceptors (Lipinski definition) is 2. The summed E-state index contributed by atoms with van der Waals surface area (Å²) in [7, 11) is 0. The third-order valence-electron chi connectivity index (χ3n) is 2.77. The van der Waals surface area contributed by atoms with Crippen molar-refractivity contribution in [3.63, 3.8) is 0 Å². The lowest BCUT2D eigenvalue weighted by Crippen LogP contribution is -2.03. The molecule has 5 heteroatoms. The quantitative estimate of drug-likeness (QED) is 0.933. The van der Waals surface area contributed by atoms with Gasteiger partial charge in [-0.25, -0.2) is 0 Å². The van der Waals surface area contributed by atoms with Crippen molar-refractivity contribution in [1.82, 2.24) is 9.78 Å². The first-order valence-electron chi connectivity index (χ1n) is 5.75. The molecular weight excluding hydrogens is 271 g/mol. The van der Waals surface area contributed by atoms with Crippen LogP contribution in [0.15, 0.2) is 30.6 Å². The van der Waals surface area contributed by atoms with Gasteiger partial charge < -0.3 is 5.11 Å². The van der Waals surface area contributed by atoms with Gasteiger partial charge in [-0.05, 0) is 24.6 Å². The van der Waals surface area contributed by atoms with Gasteiger partial charge in [0.25, 0.3) is 0 Å². The summed E-state index contributed by atoms with van der Waals surface area (Å²) in [6, 6.07) is 5.21. The van der Waals surface area contributed by atoms with Crippen LogP contribution in [0.3, 0.4) is 0 Å². The lowest BCUT2D eigenvalue weighted by Gasteiger charge is -2.13. The SMILES string of the molecule is CCn1cc(CC(O)c2c(Cl)cccc2Cl)cn1. The Morgan fingerprint density at radius 3 is 2.56 bits per heavy atom. The molecule has 18 heavy (non-hydrogen) atoms. The molecule has 0 saturated carbocycles. The van der Waals surface area contributed by atoms with Gasteiger partial charge in [-0.1, -0.05) is 29.3 Å². The van der Waals surface area contributed by atoms with Crippen LogP contribution in [-0.4, -0.2) is 14.9 Å². The van der Waals surface area contributed by atoms with Crippen LogP contribution in [0.1, 0.15) is 24.2 Å². The van der Waals surface area contributed by atoms with Crippen molar-refractivity contribution in [2.45, 2.75) is 26.0 Å². The van der Waals surface area contributed by atoms with Crippen molar-refractivity contribution in [3.8, 4) is 0 Å². The molecule has 2 rings (SSSR count). The van der Waals surface area contributed by atoms with E-state index >= 15 is 0 Å². The van der Waals surface area contributed by atoms with Gasteiger partial charge in [0, 0.05) is 34.8 Å². The Kier molecular flexibility index (Phi) is 4.27. The molecule has 0 aliphatic heterocycles. The predicted molar refractivity (Wildman–Crippen MR) is 73.0 cm³/mol. The fourth-order valence-electron chi connectivity index (χ4n) is 1.84. The van der Waals surface area contributed by atoms with E-state index < -0.39 is 6.10 Å². The normalized spacial score (nSPS) is 12.7. The summed E-state index contributed by atoms with van der Waals surface area (Å²) in [5.74, 6) is 0. The maximum atomic E-state index is 10.2. The number of halogens is 2. The van der Waals surface area contributed by atoms with Gasteiger partial charge in [-0.3, -0.25) is 4.68 Å². The van der Waals surface area contributed by atoms with Crippen LogP contribution in [0.2, 0.25) is 10.0 Å². The highest BCUT2D eigenvalue weighted by Gasteiger charge is 2.16. The van der Waals surface area contributed by atoms with Gasteiger partial charge in [-0.2, -0.15) is 5.10 Å². The molecule has 0 radical (unpaired) electrons. The number of aromatic nitrogens is 2. The third kappa shape index (κ3) is 2.86. The smallest absolute Gasteiger partial charge is 0.0860 e. The molecule has 1 heterocycles. The topological polar surface area (TPSA) is 38.0 Å². The van der Waals surface area contributed by atoms with Crippen LogP contribution in [0.4, 0.5) is 0 Å². The van der Waals surface area contributed by atoms with Crippen LogP contribution >= 0.6 is 23.2 Å². The molecule has 1 atom stereocenters. The summed E-state index contributed by atoms with van der Waals surface area (Å²) < 4.78 is 1.82. The zero-order valence-electron chi connectivity index (χ0n) is 9.98. The molecule has 0 saturated heterocycles. The first-order valence-corrected chi connectivity index (χ1v) is 6.50. The third-order valence-corrected chi connectivity index (χ3v) is 3.43. The second kappa shape index (κ2) is 5.74. The molecule has 1 aromatic carbocycles. The molecule has 0 spiro atoms. The van der Waals surface area contributed by atoms with Crippen molar-refractivity contribution in [1.29, 1.82) is 0 Å². The van der Waals surface area contributed by atoms with E-state index in [-0.39, 0.29) is 0 Å². The van der Waals surface area contributed by atoms with E-state index in [1.807, 2.05) is 17.8 Å². The highest BCUT2D eigenvalue weighted by molar-refractivity contribution is 6.36. The second-order valence-electron chi connectivity index (χ2n) is 4.06. The Balaban J connectivity index is 2.19. The Labute approximate surface area is 116 Å². The fourth-order valence-corrected chi connectivity index (χ4v) is 2.49. The fraction of sp³-hybridized carbons (Fsp3) is 0.308. The molecule has 1 aromatic heterocycles. The number of aliphatic hydroxyl groups excluding tert-OH is 1. The van der Waals surface area contributed by atoms with E-state index in [1.54, 1.807) is 24.4 Å². The first-order chi connectivity index (χ1) is 8.61. The molecular formula is C13H14Cl2N2O. The van der Waals surface area contributed by atoms with E-state index in [4.69, 9.17) is 23.2 Å². The minimum Gasteiger partial charge on any atom is -0.388 e. The second-order valence-corrected chi connectivity index (χ2v) is 4.87. The molecule has 3 nitrogen and oxygen atoms in total. The summed E-state index contributed by atoms with van der Waals surface area (Å²) in [6.45, 7) is 2.82. The van der Waals surface area contributed by atoms with Crippen molar-refractivity contribution in [2.75, 3.05) is 0 Å². The highest BCUT2D eigenvalue weighted by Crippen LogP contribution is 2.31. The number of aryl methyl sites for hydroxylation is 1. The Hall–Kier alpha value is -1.03. The van der Waals surface area contributed by atoms with Crippen LogP contribution in [0.5, 0.6) is 0 Å². The summed E-state index contributed by atoms with van der Waals surface area (Å²) in [4.78, 5) is 0. The standard InChI is InChI=1S/C13H14Cl2N2O/c1-2-17-8-9(7-16-17)6-12(18)13-10(14)4-3-5-11(13)15/h3-5,7-8,12,18H,2,6H2,1H3. The predicted octanol–water partition coefficient (Wildman–Crippen LogP) is 3.49. The monoisotopic (exact) mass is 284 g/mol. The molecule has 0 bridgehead atoms. The number of nitrogens with zero attached hydrogens (tertiary/aromatic N) is 2. The Bertz CT molecular complexity index is 519. The van der Waals surface area contributed by atoms with Crippen LogP contribution in [-0.2, 0) is 13.0 Å². The summed E-state index contributed by atoms with van der Waals surface area (Å²) >= 11 is 12.1. The van der Waals surface area contributed by atoms with Crippen LogP contribution in [0, 0.1) is 0 Å². The molecule has 2 aromatic rings. The van der Waals surface area contributed by atoms with Crippen LogP contribution in [0.25, 0.3) is 0 Å². The van der Waals surface area contributed by atoms with Gasteiger partial charge in [0.05, 0.1) is 12.3 Å². The Morgan fingerprint density at radius 1 is 1.33 bits per heavy atom. The van der Waals surface area contributed by atoms with Crippen molar-refractivity contribution >= 4 is 23.2 Å². The van der Waals surface area contributed by atoms with Crippen molar-refractivity contribution in [2.24, 2.45) is 0 Å². The van der Waals surface area contributed by atoms with Gasteiger partial charge in [0.1, 0.15) is 0 Å². The molecule has 0 aliphatic carbocycles. The van der Waals surface area contributed by atoms with Gasteiger partial charge in [-0.15, -0.1) is 0 Å². The number of benzene rings is 1. The molecule has 0 aliphatic rings. The summed E-state index contributed by atoms with van der Waals surface area (Å²) in [5.41, 5.74) is 1.53. The lowest BCUT2D eigenvalue weighted by atomic mass is 10.0. The van der Waals surface area contributed by atoms with Gasteiger partial charge >= 0.3 is 0 Å². The van der Waals surface area contributed by atoms with Crippen molar-refractivity contribution in [3.05, 3.63) is 51.8 Å². The average Bonchev–Trinajstić information content (AvgIpc) is 2.76. The van der Waals surface area contributed by atoms with Gasteiger partial charge in [0.2, 0.25) is 0 Å². The summed E-state index contributed by atoms with van der Waals surface area (Å²) in [5, 5.41) is 15.3. The van der Waals surface area contributed by atoms with Crippen molar-refractivity contribution < 1.29 is 5.11 Å². The van der Waals surface area contributed by atoms with E-state index in [0.717, 1.165) is 12.1 Å². The van der Waals surface area contributed by atoms with Crippen LogP contribution < -0.4 is 0 Å². The maximum absolute atomic E-state index is 10.2. The van der Waals surface area contributed by atoms with E-state index in [1.165, 1.54) is 0 Å². The first kappa shape index (κ1) is 13.4. The molecule has 1 unspecified atom stereocenters. The highest BCUT2D eigenvalue weighted by atomic mass is 35.5. The van der Waals surface area contributed by atoms with E-state index in [2.05, 4.69) is 5.10 Å². The number of rotatable bonds is 4. The maximum Gasteiger partial charge on any atom is 0.0860 e. The van der Waals surface area contributed by atoms with E-state index in [9.17, 15) is 5.11 Å². The number of hydrogen-bond donors (Lipinski definition) is 1. The minimum atomic E-state index is -0.722. The minimum absolute atomic E-state index is 0.448. The number of aliphatic hydroxyl groups is 1. The average molecular weight is 285 g/mol. The molecule has 96 valence electrons. The lowest BCUT2D eigenvalue weighted by molar-refractivity contribution is 0.178. The Morgan fingerprint density at radius 2 is 2.00 bits per heavy atom.